The third-order valence-corrected chi connectivity index (χ3v) is 3.74. The molecule has 1 atom stereocenters. The van der Waals surface area contributed by atoms with Crippen LogP contribution >= 0.6 is 0 Å². The topological polar surface area (TPSA) is 41.4 Å². The third kappa shape index (κ3) is 2.41. The van der Waals surface area contributed by atoms with E-state index in [1.54, 1.807) is 0 Å². The molecule has 0 aliphatic carbocycles. The third-order valence-electron chi connectivity index (χ3n) is 3.74. The molecule has 5 nitrogen and oxygen atoms in total. The van der Waals surface area contributed by atoms with E-state index >= 15 is 0 Å². The summed E-state index contributed by atoms with van der Waals surface area (Å²) in [5.41, 5.74) is 2.26. The van der Waals surface area contributed by atoms with E-state index in [0.29, 0.717) is 0 Å². The summed E-state index contributed by atoms with van der Waals surface area (Å²) in [6.45, 7) is 9.44. The Balaban J connectivity index is 2.07. The fraction of sp³-hybridized carbons (Fsp3) is 0.692. The van der Waals surface area contributed by atoms with Gasteiger partial charge in [-0.2, -0.15) is 5.10 Å². The van der Waals surface area contributed by atoms with Crippen molar-refractivity contribution in [2.24, 2.45) is 7.05 Å². The number of aryl methyl sites for hydroxylation is 2. The Morgan fingerprint density at radius 3 is 2.72 bits per heavy atom. The molecule has 1 fully saturated rings. The van der Waals surface area contributed by atoms with Crippen molar-refractivity contribution in [2.75, 3.05) is 19.6 Å². The first-order valence-corrected chi connectivity index (χ1v) is 6.55. The molecule has 18 heavy (non-hydrogen) atoms. The van der Waals surface area contributed by atoms with Crippen LogP contribution in [0, 0.1) is 6.92 Å². The number of rotatable bonds is 3. The second-order valence-corrected chi connectivity index (χ2v) is 4.98. The second kappa shape index (κ2) is 5.10. The van der Waals surface area contributed by atoms with Crippen LogP contribution in [0.5, 0.6) is 0 Å². The smallest absolute Gasteiger partial charge is 0.239 e. The number of carbonyl (C=O) groups excluding carboxylic acids is 1. The molecule has 1 aromatic heterocycles. The number of nitrogens with zero attached hydrogens (tertiary/aromatic N) is 4. The molecule has 100 valence electrons. The largest absolute Gasteiger partial charge is 0.340 e. The molecule has 0 radical (unpaired) electrons. The zero-order valence-corrected chi connectivity index (χ0v) is 11.7. The highest BCUT2D eigenvalue weighted by molar-refractivity contribution is 5.82. The van der Waals surface area contributed by atoms with Crippen LogP contribution < -0.4 is 0 Å². The summed E-state index contributed by atoms with van der Waals surface area (Å²) in [5.74, 6) is 0.241. The molecule has 1 aliphatic heterocycles. The van der Waals surface area contributed by atoms with Crippen LogP contribution in [0.3, 0.4) is 0 Å². The van der Waals surface area contributed by atoms with Crippen molar-refractivity contribution in [3.05, 3.63) is 17.5 Å². The molecule has 5 heteroatoms. The van der Waals surface area contributed by atoms with Crippen LogP contribution in [0.15, 0.2) is 6.20 Å². The van der Waals surface area contributed by atoms with Crippen LogP contribution in [-0.2, 0) is 18.4 Å². The highest BCUT2D eigenvalue weighted by atomic mass is 16.2. The minimum absolute atomic E-state index is 0.0293. The first kappa shape index (κ1) is 13.1. The molecule has 1 saturated heterocycles. The first-order valence-electron chi connectivity index (χ1n) is 6.55. The van der Waals surface area contributed by atoms with Gasteiger partial charge in [0.25, 0.3) is 0 Å². The van der Waals surface area contributed by atoms with Crippen molar-refractivity contribution in [1.29, 1.82) is 0 Å². The fourth-order valence-electron chi connectivity index (χ4n) is 2.53. The predicted molar refractivity (Wildman–Crippen MR) is 70.1 cm³/mol. The van der Waals surface area contributed by atoms with Crippen LogP contribution in [0.25, 0.3) is 0 Å². The van der Waals surface area contributed by atoms with Crippen molar-refractivity contribution < 1.29 is 4.79 Å². The van der Waals surface area contributed by atoms with E-state index in [4.69, 9.17) is 0 Å². The normalized spacial score (nSPS) is 21.7. The molecule has 2 heterocycles. The molecule has 1 aliphatic rings. The molecule has 0 bridgehead atoms. The lowest BCUT2D eigenvalue weighted by atomic mass is 10.1. The van der Waals surface area contributed by atoms with E-state index in [9.17, 15) is 4.79 Å². The maximum atomic E-state index is 12.1. The van der Waals surface area contributed by atoms with Gasteiger partial charge in [-0.05, 0) is 20.8 Å². The Bertz CT molecular complexity index is 440. The van der Waals surface area contributed by atoms with Crippen molar-refractivity contribution in [3.63, 3.8) is 0 Å². The number of hydrogen-bond donors (Lipinski definition) is 0. The maximum absolute atomic E-state index is 12.1. The second-order valence-electron chi connectivity index (χ2n) is 4.98. The van der Waals surface area contributed by atoms with E-state index in [0.717, 1.165) is 31.9 Å². The first-order chi connectivity index (χ1) is 8.52. The van der Waals surface area contributed by atoms with Gasteiger partial charge in [-0.1, -0.05) is 0 Å². The van der Waals surface area contributed by atoms with Crippen LogP contribution in [0.1, 0.15) is 25.1 Å². The highest BCUT2D eigenvalue weighted by Gasteiger charge is 2.30. The van der Waals surface area contributed by atoms with E-state index in [-0.39, 0.29) is 11.9 Å². The lowest BCUT2D eigenvalue weighted by Gasteiger charge is -2.38. The van der Waals surface area contributed by atoms with Crippen molar-refractivity contribution >= 4 is 5.91 Å². The quantitative estimate of drug-likeness (QED) is 0.796. The summed E-state index contributed by atoms with van der Waals surface area (Å²) in [6, 6.07) is -0.0293. The molecule has 0 aromatic carbocycles. The average molecular weight is 250 g/mol. The number of carbonyl (C=O) groups is 1. The zero-order valence-electron chi connectivity index (χ0n) is 11.7. The minimum atomic E-state index is -0.0293. The monoisotopic (exact) mass is 250 g/mol. The SMILES string of the molecule is CCN1CCN(Cc2cn(C)nc2C)[C@H](C)C1=O. The standard InChI is InChI=1S/C13H22N4O/c1-5-16-6-7-17(11(3)13(16)18)9-12-8-15(4)14-10(12)2/h8,11H,5-7,9H2,1-4H3/t11-/m1/s1. The van der Waals surface area contributed by atoms with Gasteiger partial charge in [0.05, 0.1) is 11.7 Å². The number of amides is 1. The van der Waals surface area contributed by atoms with Gasteiger partial charge in [0.15, 0.2) is 0 Å². The maximum Gasteiger partial charge on any atom is 0.239 e. The van der Waals surface area contributed by atoms with Gasteiger partial charge >= 0.3 is 0 Å². The number of piperazine rings is 1. The average Bonchev–Trinajstić information content (AvgIpc) is 2.64. The van der Waals surface area contributed by atoms with Crippen LogP contribution in [-0.4, -0.2) is 51.2 Å². The van der Waals surface area contributed by atoms with Gasteiger partial charge in [0.2, 0.25) is 5.91 Å². The van der Waals surface area contributed by atoms with Gasteiger partial charge < -0.3 is 4.90 Å². The van der Waals surface area contributed by atoms with Gasteiger partial charge in [0, 0.05) is 45.0 Å². The van der Waals surface area contributed by atoms with E-state index < -0.39 is 0 Å². The van der Waals surface area contributed by atoms with Crippen molar-refractivity contribution in [1.82, 2.24) is 19.6 Å². The lowest BCUT2D eigenvalue weighted by molar-refractivity contribution is -0.141. The Kier molecular flexibility index (Phi) is 3.71. The van der Waals surface area contributed by atoms with E-state index in [2.05, 4.69) is 10.00 Å². The summed E-state index contributed by atoms with van der Waals surface area (Å²) >= 11 is 0. The molecule has 0 unspecified atom stereocenters. The molecule has 1 aromatic rings. The summed E-state index contributed by atoms with van der Waals surface area (Å²) in [7, 11) is 1.93. The Morgan fingerprint density at radius 1 is 1.44 bits per heavy atom. The van der Waals surface area contributed by atoms with Gasteiger partial charge in [-0.15, -0.1) is 0 Å². The lowest BCUT2D eigenvalue weighted by Crippen LogP contribution is -2.55. The molecular weight excluding hydrogens is 228 g/mol. The highest BCUT2D eigenvalue weighted by Crippen LogP contribution is 2.16. The minimum Gasteiger partial charge on any atom is -0.340 e. The van der Waals surface area contributed by atoms with E-state index in [1.807, 2.05) is 43.6 Å². The molecule has 0 N–H and O–H groups in total. The number of aromatic nitrogens is 2. The number of hydrogen-bond acceptors (Lipinski definition) is 3. The van der Waals surface area contributed by atoms with Crippen molar-refractivity contribution in [2.45, 2.75) is 33.4 Å². The molecular formula is C13H22N4O. The summed E-state index contributed by atoms with van der Waals surface area (Å²) in [5, 5.41) is 4.35. The summed E-state index contributed by atoms with van der Waals surface area (Å²) < 4.78 is 1.83. The molecule has 0 spiro atoms. The van der Waals surface area contributed by atoms with Crippen LogP contribution in [0.4, 0.5) is 0 Å². The predicted octanol–water partition coefficient (Wildman–Crippen LogP) is 0.781. The Labute approximate surface area is 108 Å². The molecule has 2 rings (SSSR count). The summed E-state index contributed by atoms with van der Waals surface area (Å²) in [6.07, 6.45) is 2.04. The summed E-state index contributed by atoms with van der Waals surface area (Å²) in [4.78, 5) is 16.3. The van der Waals surface area contributed by atoms with Gasteiger partial charge in [0.1, 0.15) is 0 Å². The Hall–Kier alpha value is -1.36. The van der Waals surface area contributed by atoms with E-state index in [1.165, 1.54) is 5.56 Å². The molecule has 1 amide bonds. The van der Waals surface area contributed by atoms with Gasteiger partial charge in [-0.3, -0.25) is 14.4 Å². The zero-order chi connectivity index (χ0) is 13.3. The number of likely N-dealkylation sites (N-methyl/N-ethyl adjacent to an activating group) is 1. The Morgan fingerprint density at radius 2 is 2.17 bits per heavy atom. The fourth-order valence-corrected chi connectivity index (χ4v) is 2.53. The van der Waals surface area contributed by atoms with Crippen LogP contribution in [0.2, 0.25) is 0 Å². The molecule has 0 saturated carbocycles. The van der Waals surface area contributed by atoms with Crippen molar-refractivity contribution in [3.8, 4) is 0 Å². The van der Waals surface area contributed by atoms with Gasteiger partial charge in [-0.25, -0.2) is 0 Å².